The Morgan fingerprint density at radius 1 is 1.21 bits per heavy atom. The largest absolute Gasteiger partial charge is 0.342 e. The normalized spacial score (nSPS) is 21.4. The maximum atomic E-state index is 12.6. The molecule has 1 aliphatic heterocycles. The van der Waals surface area contributed by atoms with Gasteiger partial charge in [0.15, 0.2) is 0 Å². The van der Waals surface area contributed by atoms with Crippen LogP contribution in [0.4, 0.5) is 0 Å². The van der Waals surface area contributed by atoms with Crippen LogP contribution in [0.1, 0.15) is 49.8 Å². The minimum atomic E-state index is 0.262. The highest BCUT2D eigenvalue weighted by atomic mass is 16.2. The molecule has 1 aliphatic carbocycles. The van der Waals surface area contributed by atoms with Gasteiger partial charge >= 0.3 is 0 Å². The van der Waals surface area contributed by atoms with E-state index in [2.05, 4.69) is 28.9 Å². The first kappa shape index (κ1) is 17.4. The predicted molar refractivity (Wildman–Crippen MR) is 96.9 cm³/mol. The second-order valence-electron chi connectivity index (χ2n) is 8.06. The van der Waals surface area contributed by atoms with Gasteiger partial charge in [0.1, 0.15) is 0 Å². The van der Waals surface area contributed by atoms with E-state index in [0.29, 0.717) is 11.8 Å². The molecule has 24 heavy (non-hydrogen) atoms. The van der Waals surface area contributed by atoms with Crippen molar-refractivity contribution in [3.05, 3.63) is 29.6 Å². The zero-order valence-corrected chi connectivity index (χ0v) is 15.4. The quantitative estimate of drug-likeness (QED) is 0.855. The third-order valence-corrected chi connectivity index (χ3v) is 6.25. The molecule has 2 heterocycles. The number of hydrogen-bond donors (Lipinski definition) is 0. The molecular weight excluding hydrogens is 298 g/mol. The monoisotopic (exact) mass is 329 g/mol. The van der Waals surface area contributed by atoms with Crippen molar-refractivity contribution in [2.75, 3.05) is 27.2 Å². The number of carbonyl (C=O) groups excluding carboxylic acids is 1. The van der Waals surface area contributed by atoms with Crippen LogP contribution >= 0.6 is 0 Å². The lowest BCUT2D eigenvalue weighted by Gasteiger charge is -2.47. The summed E-state index contributed by atoms with van der Waals surface area (Å²) in [6.07, 6.45) is 9.99. The van der Waals surface area contributed by atoms with E-state index in [1.165, 1.54) is 38.5 Å². The summed E-state index contributed by atoms with van der Waals surface area (Å²) in [5.41, 5.74) is 2.53. The van der Waals surface area contributed by atoms with Gasteiger partial charge in [0.25, 0.3) is 0 Å². The summed E-state index contributed by atoms with van der Waals surface area (Å²) in [6.45, 7) is 3.84. The minimum absolute atomic E-state index is 0.262. The summed E-state index contributed by atoms with van der Waals surface area (Å²) in [6, 6.07) is 4.76. The van der Waals surface area contributed by atoms with Gasteiger partial charge in [0.2, 0.25) is 5.91 Å². The fraction of sp³-hybridized carbons (Fsp3) is 0.700. The van der Waals surface area contributed by atoms with Crippen LogP contribution in [0.2, 0.25) is 0 Å². The van der Waals surface area contributed by atoms with E-state index in [-0.39, 0.29) is 5.91 Å². The lowest BCUT2D eigenvalue weighted by molar-refractivity contribution is -0.133. The summed E-state index contributed by atoms with van der Waals surface area (Å²) < 4.78 is 0. The van der Waals surface area contributed by atoms with Crippen molar-refractivity contribution >= 4 is 5.91 Å². The van der Waals surface area contributed by atoms with Crippen LogP contribution in [0, 0.1) is 12.3 Å². The molecule has 4 heteroatoms. The first-order chi connectivity index (χ1) is 11.5. The van der Waals surface area contributed by atoms with E-state index in [9.17, 15) is 4.79 Å². The van der Waals surface area contributed by atoms with Crippen LogP contribution in [0.3, 0.4) is 0 Å². The van der Waals surface area contributed by atoms with Crippen LogP contribution in [-0.4, -0.2) is 53.9 Å². The number of rotatable bonds is 3. The number of amides is 1. The van der Waals surface area contributed by atoms with Gasteiger partial charge in [0, 0.05) is 31.0 Å². The summed E-state index contributed by atoms with van der Waals surface area (Å²) in [4.78, 5) is 21.3. The van der Waals surface area contributed by atoms with E-state index in [4.69, 9.17) is 0 Å². The van der Waals surface area contributed by atoms with Crippen LogP contribution in [0.5, 0.6) is 0 Å². The van der Waals surface area contributed by atoms with Crippen molar-refractivity contribution in [1.82, 2.24) is 14.8 Å². The summed E-state index contributed by atoms with van der Waals surface area (Å²) in [5.74, 6) is 0.262. The fourth-order valence-corrected chi connectivity index (χ4v) is 4.35. The first-order valence-electron chi connectivity index (χ1n) is 9.33. The molecule has 1 saturated heterocycles. The van der Waals surface area contributed by atoms with Gasteiger partial charge in [-0.05, 0) is 76.6 Å². The highest BCUT2D eigenvalue weighted by molar-refractivity contribution is 5.78. The molecule has 1 amide bonds. The Kier molecular flexibility index (Phi) is 5.24. The Hall–Kier alpha value is -1.42. The molecule has 2 fully saturated rings. The third kappa shape index (κ3) is 3.97. The van der Waals surface area contributed by atoms with Gasteiger partial charge in [0.05, 0.1) is 6.42 Å². The second kappa shape index (κ2) is 7.22. The molecule has 132 valence electrons. The molecule has 0 radical (unpaired) electrons. The standard InChI is InChI=1S/C20H31N3O/c1-16-4-5-17(15-21-16)14-19(24)23-12-10-20(11-13-23)8-6-18(7-9-20)22(2)3/h4-5,15,18H,6-14H2,1-3H3. The molecule has 0 aromatic carbocycles. The molecule has 1 aromatic rings. The molecule has 2 aliphatic rings. The average molecular weight is 329 g/mol. The van der Waals surface area contributed by atoms with Crippen LogP contribution < -0.4 is 0 Å². The van der Waals surface area contributed by atoms with E-state index in [0.717, 1.165) is 30.4 Å². The number of aryl methyl sites for hydroxylation is 1. The van der Waals surface area contributed by atoms with Crippen molar-refractivity contribution in [2.24, 2.45) is 5.41 Å². The van der Waals surface area contributed by atoms with E-state index in [1.807, 2.05) is 25.3 Å². The van der Waals surface area contributed by atoms with Gasteiger partial charge in [-0.25, -0.2) is 0 Å². The number of carbonyl (C=O) groups is 1. The van der Waals surface area contributed by atoms with E-state index < -0.39 is 0 Å². The van der Waals surface area contributed by atoms with Crippen LogP contribution in [0.15, 0.2) is 18.3 Å². The average Bonchev–Trinajstić information content (AvgIpc) is 2.58. The number of hydrogen-bond acceptors (Lipinski definition) is 3. The number of nitrogens with zero attached hydrogens (tertiary/aromatic N) is 3. The smallest absolute Gasteiger partial charge is 0.227 e. The Bertz CT molecular complexity index is 549. The lowest BCUT2D eigenvalue weighted by Crippen LogP contribution is -2.46. The summed E-state index contributed by atoms with van der Waals surface area (Å²) in [5, 5.41) is 0. The topological polar surface area (TPSA) is 36.4 Å². The van der Waals surface area contributed by atoms with E-state index >= 15 is 0 Å². The molecular formula is C20H31N3O. The zero-order chi connectivity index (χ0) is 17.2. The van der Waals surface area contributed by atoms with Gasteiger partial charge < -0.3 is 9.80 Å². The Balaban J connectivity index is 1.50. The molecule has 1 aromatic heterocycles. The molecule has 0 atom stereocenters. The highest BCUT2D eigenvalue weighted by Crippen LogP contribution is 2.45. The zero-order valence-electron chi connectivity index (χ0n) is 15.4. The maximum absolute atomic E-state index is 12.6. The van der Waals surface area contributed by atoms with Crippen LogP contribution in [0.25, 0.3) is 0 Å². The fourth-order valence-electron chi connectivity index (χ4n) is 4.35. The van der Waals surface area contributed by atoms with Crippen molar-refractivity contribution < 1.29 is 4.79 Å². The molecule has 3 rings (SSSR count). The summed E-state index contributed by atoms with van der Waals surface area (Å²) in [7, 11) is 4.40. The SMILES string of the molecule is Cc1ccc(CC(=O)N2CCC3(CCC(N(C)C)CC3)CC2)cn1. The minimum Gasteiger partial charge on any atom is -0.342 e. The second-order valence-corrected chi connectivity index (χ2v) is 8.06. The van der Waals surface area contributed by atoms with Gasteiger partial charge in [-0.15, -0.1) is 0 Å². The Labute approximate surface area is 146 Å². The first-order valence-corrected chi connectivity index (χ1v) is 9.33. The molecule has 1 spiro atoms. The third-order valence-electron chi connectivity index (χ3n) is 6.25. The van der Waals surface area contributed by atoms with Crippen LogP contribution in [-0.2, 0) is 11.2 Å². The number of likely N-dealkylation sites (tertiary alicyclic amines) is 1. The van der Waals surface area contributed by atoms with Gasteiger partial charge in [-0.2, -0.15) is 0 Å². The Morgan fingerprint density at radius 3 is 2.42 bits per heavy atom. The highest BCUT2D eigenvalue weighted by Gasteiger charge is 2.39. The molecule has 0 unspecified atom stereocenters. The van der Waals surface area contributed by atoms with Gasteiger partial charge in [-0.1, -0.05) is 6.07 Å². The number of piperidine rings is 1. The molecule has 4 nitrogen and oxygen atoms in total. The molecule has 1 saturated carbocycles. The van der Waals surface area contributed by atoms with Crippen molar-refractivity contribution in [1.29, 1.82) is 0 Å². The maximum Gasteiger partial charge on any atom is 0.227 e. The molecule has 0 bridgehead atoms. The lowest BCUT2D eigenvalue weighted by atomic mass is 9.67. The number of aromatic nitrogens is 1. The van der Waals surface area contributed by atoms with E-state index in [1.54, 1.807) is 0 Å². The number of pyridine rings is 1. The van der Waals surface area contributed by atoms with Crippen molar-refractivity contribution in [2.45, 2.75) is 57.9 Å². The van der Waals surface area contributed by atoms with Crippen molar-refractivity contribution in [3.8, 4) is 0 Å². The molecule has 0 N–H and O–H groups in total. The van der Waals surface area contributed by atoms with Gasteiger partial charge in [-0.3, -0.25) is 9.78 Å². The Morgan fingerprint density at radius 2 is 1.88 bits per heavy atom. The summed E-state index contributed by atoms with van der Waals surface area (Å²) >= 11 is 0. The van der Waals surface area contributed by atoms with Crippen molar-refractivity contribution in [3.63, 3.8) is 0 Å². The predicted octanol–water partition coefficient (Wildman–Crippen LogP) is 3.05.